The smallest absolute Gasteiger partial charge is 0.191 e. The second-order valence-electron chi connectivity index (χ2n) is 6.61. The van der Waals surface area contributed by atoms with Crippen molar-refractivity contribution in [2.45, 2.75) is 46.1 Å². The van der Waals surface area contributed by atoms with Gasteiger partial charge >= 0.3 is 0 Å². The van der Waals surface area contributed by atoms with Crippen LogP contribution in [0.2, 0.25) is 0 Å². The van der Waals surface area contributed by atoms with Gasteiger partial charge in [-0.15, -0.1) is 10.2 Å². The topological polar surface area (TPSA) is 66.6 Å². The lowest BCUT2D eigenvalue weighted by Crippen LogP contribution is -2.42. The molecule has 0 radical (unpaired) electrons. The number of fused-ring (bicyclic) bond motifs is 1. The molecule has 124 valence electrons. The lowest BCUT2D eigenvalue weighted by atomic mass is 9.89. The van der Waals surface area contributed by atoms with E-state index in [0.29, 0.717) is 12.0 Å². The van der Waals surface area contributed by atoms with Crippen LogP contribution in [0.25, 0.3) is 5.65 Å². The van der Waals surface area contributed by atoms with Crippen LogP contribution >= 0.6 is 0 Å². The van der Waals surface area contributed by atoms with Crippen molar-refractivity contribution < 1.29 is 0 Å². The standard InChI is InChI=1S/C17H26N6/c1-3-18-16(20-13-17(2)9-5-6-10-17)19-12-15-22-21-14-8-4-7-11-23(14)15/h4,7-8,11H,3,5-6,9-10,12-13H2,1-2H3,(H2,18,19,20). The van der Waals surface area contributed by atoms with E-state index >= 15 is 0 Å². The number of aliphatic imine (C=N–C) groups is 1. The molecule has 6 nitrogen and oxygen atoms in total. The predicted molar refractivity (Wildman–Crippen MR) is 92.4 cm³/mol. The molecule has 3 rings (SSSR count). The Morgan fingerprint density at radius 3 is 2.87 bits per heavy atom. The van der Waals surface area contributed by atoms with Gasteiger partial charge in [-0.05, 0) is 37.3 Å². The van der Waals surface area contributed by atoms with Crippen LogP contribution in [0.3, 0.4) is 0 Å². The summed E-state index contributed by atoms with van der Waals surface area (Å²) in [5, 5.41) is 15.2. The first-order valence-corrected chi connectivity index (χ1v) is 8.51. The van der Waals surface area contributed by atoms with E-state index in [1.807, 2.05) is 28.8 Å². The highest BCUT2D eigenvalue weighted by atomic mass is 15.3. The van der Waals surface area contributed by atoms with Crippen LogP contribution < -0.4 is 10.6 Å². The minimum absolute atomic E-state index is 0.401. The Morgan fingerprint density at radius 1 is 1.26 bits per heavy atom. The molecule has 1 fully saturated rings. The molecule has 0 spiro atoms. The first-order valence-electron chi connectivity index (χ1n) is 8.51. The molecule has 23 heavy (non-hydrogen) atoms. The third kappa shape index (κ3) is 3.81. The van der Waals surface area contributed by atoms with E-state index in [-0.39, 0.29) is 0 Å². The van der Waals surface area contributed by atoms with Crippen molar-refractivity contribution in [2.24, 2.45) is 10.4 Å². The molecule has 2 heterocycles. The molecule has 2 N–H and O–H groups in total. The van der Waals surface area contributed by atoms with Crippen molar-refractivity contribution in [3.63, 3.8) is 0 Å². The lowest BCUT2D eigenvalue weighted by Gasteiger charge is -2.25. The van der Waals surface area contributed by atoms with Gasteiger partial charge in [-0.1, -0.05) is 25.8 Å². The SMILES string of the molecule is CCNC(=NCc1nnc2ccccn12)NCC1(C)CCCC1. The van der Waals surface area contributed by atoms with Gasteiger partial charge in [0.15, 0.2) is 17.4 Å². The zero-order valence-corrected chi connectivity index (χ0v) is 14.0. The molecule has 1 aliphatic rings. The summed E-state index contributed by atoms with van der Waals surface area (Å²) >= 11 is 0. The molecule has 0 aromatic carbocycles. The van der Waals surface area contributed by atoms with Crippen molar-refractivity contribution in [1.29, 1.82) is 0 Å². The third-order valence-electron chi connectivity index (χ3n) is 4.60. The quantitative estimate of drug-likeness (QED) is 0.657. The molecule has 6 heteroatoms. The number of guanidine groups is 1. The van der Waals surface area contributed by atoms with Crippen LogP contribution in [0.5, 0.6) is 0 Å². The summed E-state index contributed by atoms with van der Waals surface area (Å²) in [6.45, 7) is 6.78. The van der Waals surface area contributed by atoms with Gasteiger partial charge in [0.05, 0.1) is 0 Å². The third-order valence-corrected chi connectivity index (χ3v) is 4.60. The van der Waals surface area contributed by atoms with Crippen molar-refractivity contribution >= 4 is 11.6 Å². The molecule has 0 aliphatic heterocycles. The monoisotopic (exact) mass is 314 g/mol. The van der Waals surface area contributed by atoms with Crippen molar-refractivity contribution in [2.75, 3.05) is 13.1 Å². The van der Waals surface area contributed by atoms with E-state index in [4.69, 9.17) is 0 Å². The maximum atomic E-state index is 4.67. The van der Waals surface area contributed by atoms with Gasteiger partial charge in [-0.3, -0.25) is 4.40 Å². The molecule has 2 aromatic rings. The molecule has 0 unspecified atom stereocenters. The Balaban J connectivity index is 1.66. The molecule has 1 aliphatic carbocycles. The molecular weight excluding hydrogens is 288 g/mol. The molecule has 2 aromatic heterocycles. The zero-order valence-electron chi connectivity index (χ0n) is 14.0. The summed E-state index contributed by atoms with van der Waals surface area (Å²) in [5.74, 6) is 1.71. The summed E-state index contributed by atoms with van der Waals surface area (Å²) in [4.78, 5) is 4.67. The summed E-state index contributed by atoms with van der Waals surface area (Å²) in [7, 11) is 0. The Bertz CT molecular complexity index is 669. The van der Waals surface area contributed by atoms with E-state index in [1.165, 1.54) is 25.7 Å². The normalized spacial score (nSPS) is 17.6. The number of nitrogens with one attached hydrogen (secondary N) is 2. The number of hydrogen-bond donors (Lipinski definition) is 2. The number of aromatic nitrogens is 3. The second-order valence-corrected chi connectivity index (χ2v) is 6.61. The van der Waals surface area contributed by atoms with Gasteiger partial charge in [0.25, 0.3) is 0 Å². The average molecular weight is 314 g/mol. The molecule has 0 atom stereocenters. The van der Waals surface area contributed by atoms with Gasteiger partial charge in [0.2, 0.25) is 0 Å². The number of rotatable bonds is 5. The molecule has 0 bridgehead atoms. The van der Waals surface area contributed by atoms with Crippen molar-refractivity contribution in [3.05, 3.63) is 30.2 Å². The minimum atomic E-state index is 0.401. The first-order chi connectivity index (χ1) is 11.2. The fourth-order valence-corrected chi connectivity index (χ4v) is 3.19. The Labute approximate surface area is 137 Å². The van der Waals surface area contributed by atoms with E-state index in [1.54, 1.807) is 0 Å². The van der Waals surface area contributed by atoms with Crippen molar-refractivity contribution in [3.8, 4) is 0 Å². The van der Waals surface area contributed by atoms with Gasteiger partial charge in [0.1, 0.15) is 6.54 Å². The molecule has 1 saturated carbocycles. The van der Waals surface area contributed by atoms with Crippen molar-refractivity contribution in [1.82, 2.24) is 25.2 Å². The molecular formula is C17H26N6. The van der Waals surface area contributed by atoms with Gasteiger partial charge < -0.3 is 10.6 Å². The molecule has 0 saturated heterocycles. The van der Waals surface area contributed by atoms with E-state index in [0.717, 1.165) is 30.5 Å². The summed E-state index contributed by atoms with van der Waals surface area (Å²) in [6, 6.07) is 5.89. The first kappa shape index (κ1) is 15.8. The van der Waals surface area contributed by atoms with Gasteiger partial charge in [-0.2, -0.15) is 0 Å². The van der Waals surface area contributed by atoms with Crippen LogP contribution in [0.1, 0.15) is 45.4 Å². The number of pyridine rings is 1. The summed E-state index contributed by atoms with van der Waals surface area (Å²) in [6.07, 6.45) is 7.26. The second kappa shape index (κ2) is 6.98. The maximum absolute atomic E-state index is 4.67. The zero-order chi connectivity index (χ0) is 16.1. The fraction of sp³-hybridized carbons (Fsp3) is 0.588. The highest BCUT2D eigenvalue weighted by Crippen LogP contribution is 2.36. The Morgan fingerprint density at radius 2 is 2.09 bits per heavy atom. The largest absolute Gasteiger partial charge is 0.357 e. The van der Waals surface area contributed by atoms with Crippen LogP contribution in [-0.4, -0.2) is 33.6 Å². The van der Waals surface area contributed by atoms with E-state index in [2.05, 4.69) is 39.7 Å². The van der Waals surface area contributed by atoms with Gasteiger partial charge in [0, 0.05) is 19.3 Å². The van der Waals surface area contributed by atoms with Crippen LogP contribution in [-0.2, 0) is 6.54 Å². The Kier molecular flexibility index (Phi) is 4.79. The summed E-state index contributed by atoms with van der Waals surface area (Å²) < 4.78 is 1.98. The van der Waals surface area contributed by atoms with E-state index in [9.17, 15) is 0 Å². The summed E-state index contributed by atoms with van der Waals surface area (Å²) in [5.41, 5.74) is 1.26. The van der Waals surface area contributed by atoms with E-state index < -0.39 is 0 Å². The lowest BCUT2D eigenvalue weighted by molar-refractivity contribution is 0.334. The molecule has 0 amide bonds. The number of nitrogens with zero attached hydrogens (tertiary/aromatic N) is 4. The highest BCUT2D eigenvalue weighted by Gasteiger charge is 2.28. The fourth-order valence-electron chi connectivity index (χ4n) is 3.19. The predicted octanol–water partition coefficient (Wildman–Crippen LogP) is 2.36. The highest BCUT2D eigenvalue weighted by molar-refractivity contribution is 5.79. The van der Waals surface area contributed by atoms with Crippen LogP contribution in [0.4, 0.5) is 0 Å². The number of hydrogen-bond acceptors (Lipinski definition) is 3. The minimum Gasteiger partial charge on any atom is -0.357 e. The van der Waals surface area contributed by atoms with Crippen LogP contribution in [0.15, 0.2) is 29.4 Å². The van der Waals surface area contributed by atoms with Crippen LogP contribution in [0, 0.1) is 5.41 Å². The van der Waals surface area contributed by atoms with Gasteiger partial charge in [-0.25, -0.2) is 4.99 Å². The average Bonchev–Trinajstić information content (AvgIpc) is 3.17. The maximum Gasteiger partial charge on any atom is 0.191 e. The Hall–Kier alpha value is -2.11.